The van der Waals surface area contributed by atoms with Crippen LogP contribution in [0.5, 0.6) is 5.75 Å². The van der Waals surface area contributed by atoms with Crippen molar-refractivity contribution in [1.29, 1.82) is 0 Å². The molecule has 0 unspecified atom stereocenters. The third kappa shape index (κ3) is 4.45. The Bertz CT molecular complexity index is 907. The van der Waals surface area contributed by atoms with Crippen LogP contribution in [-0.2, 0) is 24.3 Å². The Morgan fingerprint density at radius 2 is 1.87 bits per heavy atom. The highest BCUT2D eigenvalue weighted by Crippen LogP contribution is 2.35. The summed E-state index contributed by atoms with van der Waals surface area (Å²) in [7, 11) is -3.73. The van der Waals surface area contributed by atoms with Gasteiger partial charge in [0.15, 0.2) is 6.61 Å². The maximum Gasteiger partial charge on any atom is 0.265 e. The zero-order valence-electron chi connectivity index (χ0n) is 16.8. The van der Waals surface area contributed by atoms with E-state index >= 15 is 0 Å². The molecule has 2 heterocycles. The van der Waals surface area contributed by atoms with E-state index in [2.05, 4.69) is 5.32 Å². The van der Waals surface area contributed by atoms with Gasteiger partial charge in [0.25, 0.3) is 5.91 Å². The monoisotopic (exact) mass is 437 g/mol. The number of rotatable bonds is 5. The summed E-state index contributed by atoms with van der Waals surface area (Å²) in [5.41, 5.74) is 0.305. The Morgan fingerprint density at radius 1 is 1.13 bits per heavy atom. The zero-order chi connectivity index (χ0) is 21.1. The maximum absolute atomic E-state index is 13.0. The topological polar surface area (TPSA) is 105 Å². The minimum atomic E-state index is -3.73. The van der Waals surface area contributed by atoms with Gasteiger partial charge in [0.1, 0.15) is 12.3 Å². The molecule has 0 bridgehead atoms. The number of carbonyl (C=O) groups is 2. The van der Waals surface area contributed by atoms with Gasteiger partial charge in [-0.05, 0) is 31.0 Å². The van der Waals surface area contributed by atoms with Gasteiger partial charge in [0.05, 0.1) is 23.8 Å². The van der Waals surface area contributed by atoms with Gasteiger partial charge in [-0.2, -0.15) is 4.31 Å². The van der Waals surface area contributed by atoms with E-state index in [1.54, 1.807) is 6.07 Å². The van der Waals surface area contributed by atoms with Gasteiger partial charge >= 0.3 is 0 Å². The summed E-state index contributed by atoms with van der Waals surface area (Å²) in [6, 6.07) is 4.57. The number of morpholine rings is 1. The van der Waals surface area contributed by atoms with Crippen molar-refractivity contribution in [3.05, 3.63) is 18.2 Å². The van der Waals surface area contributed by atoms with Gasteiger partial charge in [-0.1, -0.05) is 19.3 Å². The van der Waals surface area contributed by atoms with Crippen LogP contribution in [0.2, 0.25) is 0 Å². The zero-order valence-corrected chi connectivity index (χ0v) is 17.7. The van der Waals surface area contributed by atoms with Gasteiger partial charge in [-0.25, -0.2) is 8.42 Å². The van der Waals surface area contributed by atoms with Crippen molar-refractivity contribution in [3.63, 3.8) is 0 Å². The fourth-order valence-corrected chi connectivity index (χ4v) is 5.54. The van der Waals surface area contributed by atoms with Crippen molar-refractivity contribution < 1.29 is 27.5 Å². The average molecular weight is 438 g/mol. The maximum atomic E-state index is 13.0. The van der Waals surface area contributed by atoms with Crippen LogP contribution in [0.4, 0.5) is 5.69 Å². The first kappa shape index (κ1) is 21.1. The van der Waals surface area contributed by atoms with E-state index in [0.717, 1.165) is 25.7 Å². The normalized spacial score (nSPS) is 21.1. The number of benzene rings is 1. The van der Waals surface area contributed by atoms with E-state index in [-0.39, 0.29) is 49.0 Å². The van der Waals surface area contributed by atoms with E-state index < -0.39 is 10.0 Å². The van der Waals surface area contributed by atoms with Gasteiger partial charge in [0.2, 0.25) is 15.9 Å². The first-order chi connectivity index (χ1) is 14.4. The summed E-state index contributed by atoms with van der Waals surface area (Å²) in [6.07, 6.45) is 5.25. The molecule has 3 aliphatic rings. The van der Waals surface area contributed by atoms with Crippen molar-refractivity contribution in [2.45, 2.75) is 43.0 Å². The Morgan fingerprint density at radius 3 is 2.60 bits per heavy atom. The van der Waals surface area contributed by atoms with Crippen LogP contribution in [0.25, 0.3) is 0 Å². The molecule has 0 radical (unpaired) electrons. The van der Waals surface area contributed by atoms with Gasteiger partial charge < -0.3 is 14.8 Å². The van der Waals surface area contributed by atoms with E-state index in [4.69, 9.17) is 9.47 Å². The number of fused-ring (bicyclic) bond motifs is 1. The van der Waals surface area contributed by atoms with Crippen molar-refractivity contribution in [2.24, 2.45) is 0 Å². The number of nitrogens with zero attached hydrogens (tertiary/aromatic N) is 2. The van der Waals surface area contributed by atoms with Crippen molar-refractivity contribution in [3.8, 4) is 5.75 Å². The lowest BCUT2D eigenvalue weighted by molar-refractivity contribution is -0.125. The molecule has 0 aromatic heterocycles. The van der Waals surface area contributed by atoms with Gasteiger partial charge in [-0.15, -0.1) is 0 Å². The summed E-state index contributed by atoms with van der Waals surface area (Å²) in [6.45, 7) is 0.912. The Hall–Kier alpha value is -2.17. The summed E-state index contributed by atoms with van der Waals surface area (Å²) < 4.78 is 38.0. The Balaban J connectivity index is 1.54. The van der Waals surface area contributed by atoms with Crippen molar-refractivity contribution in [1.82, 2.24) is 9.62 Å². The Labute approximate surface area is 176 Å². The lowest BCUT2D eigenvalue weighted by atomic mass is 9.95. The SMILES string of the molecule is O=C(CN1C(=O)COc2ccc(S(=O)(=O)N3CCOCC3)cc21)NC1CCCCC1. The van der Waals surface area contributed by atoms with Gasteiger partial charge in [0, 0.05) is 19.1 Å². The van der Waals surface area contributed by atoms with Crippen LogP contribution < -0.4 is 15.0 Å². The van der Waals surface area contributed by atoms with Crippen LogP contribution in [0.15, 0.2) is 23.1 Å². The molecular formula is C20H27N3O6S. The summed E-state index contributed by atoms with van der Waals surface area (Å²) in [5.74, 6) is -0.229. The second-order valence-corrected chi connectivity index (χ2v) is 9.75. The largest absolute Gasteiger partial charge is 0.482 e. The predicted molar refractivity (Wildman–Crippen MR) is 109 cm³/mol. The molecule has 1 N–H and O–H groups in total. The molecule has 1 aromatic carbocycles. The van der Waals surface area contributed by atoms with Crippen molar-refractivity contribution in [2.75, 3.05) is 44.4 Å². The fourth-order valence-electron chi connectivity index (χ4n) is 4.12. The molecular weight excluding hydrogens is 410 g/mol. The molecule has 1 saturated carbocycles. The third-order valence-corrected chi connectivity index (χ3v) is 7.65. The van der Waals surface area contributed by atoms with Crippen LogP contribution in [0.1, 0.15) is 32.1 Å². The quantitative estimate of drug-likeness (QED) is 0.733. The van der Waals surface area contributed by atoms with Crippen LogP contribution in [0, 0.1) is 0 Å². The number of sulfonamides is 1. The summed E-state index contributed by atoms with van der Waals surface area (Å²) in [5, 5.41) is 3.00. The van der Waals surface area contributed by atoms with E-state index in [1.165, 1.54) is 27.8 Å². The molecule has 30 heavy (non-hydrogen) atoms. The second-order valence-electron chi connectivity index (χ2n) is 7.82. The highest BCUT2D eigenvalue weighted by Gasteiger charge is 2.32. The van der Waals surface area contributed by atoms with E-state index in [9.17, 15) is 18.0 Å². The first-order valence-electron chi connectivity index (χ1n) is 10.4. The van der Waals surface area contributed by atoms with E-state index in [1.807, 2.05) is 0 Å². The molecule has 164 valence electrons. The molecule has 2 fully saturated rings. The third-order valence-electron chi connectivity index (χ3n) is 5.75. The Kier molecular flexibility index (Phi) is 6.26. The molecule has 0 spiro atoms. The molecule has 1 aliphatic carbocycles. The molecule has 2 aliphatic heterocycles. The molecule has 0 atom stereocenters. The molecule has 4 rings (SSSR count). The minimum Gasteiger partial charge on any atom is -0.482 e. The molecule has 9 nitrogen and oxygen atoms in total. The first-order valence-corrected chi connectivity index (χ1v) is 11.8. The number of ether oxygens (including phenoxy) is 2. The van der Waals surface area contributed by atoms with Crippen LogP contribution in [-0.4, -0.2) is 70.0 Å². The second kappa shape index (κ2) is 8.91. The molecule has 1 saturated heterocycles. The predicted octanol–water partition coefficient (Wildman–Crippen LogP) is 0.882. The van der Waals surface area contributed by atoms with Crippen molar-refractivity contribution >= 4 is 27.5 Å². The number of anilines is 1. The van der Waals surface area contributed by atoms with Crippen LogP contribution in [0.3, 0.4) is 0 Å². The smallest absolute Gasteiger partial charge is 0.265 e. The molecule has 1 aromatic rings. The van der Waals surface area contributed by atoms with E-state index in [0.29, 0.717) is 24.7 Å². The van der Waals surface area contributed by atoms with Crippen LogP contribution >= 0.6 is 0 Å². The number of hydrogen-bond donors (Lipinski definition) is 1. The number of amides is 2. The standard InChI is InChI=1S/C20H27N3O6S/c24-19(21-15-4-2-1-3-5-15)13-23-17-12-16(6-7-18(17)29-14-20(23)25)30(26,27)22-8-10-28-11-9-22/h6-7,12,15H,1-5,8-11,13-14H2,(H,21,24). The highest BCUT2D eigenvalue weighted by atomic mass is 32.2. The average Bonchev–Trinajstić information content (AvgIpc) is 2.76. The minimum absolute atomic E-state index is 0.0686. The fraction of sp³-hybridized carbons (Fsp3) is 0.600. The highest BCUT2D eigenvalue weighted by molar-refractivity contribution is 7.89. The summed E-state index contributed by atoms with van der Waals surface area (Å²) in [4.78, 5) is 26.5. The summed E-state index contributed by atoms with van der Waals surface area (Å²) >= 11 is 0. The number of nitrogens with one attached hydrogen (secondary N) is 1. The molecule has 10 heteroatoms. The number of hydrogen-bond acceptors (Lipinski definition) is 6. The van der Waals surface area contributed by atoms with Gasteiger partial charge in [-0.3, -0.25) is 14.5 Å². The molecule has 2 amide bonds. The lowest BCUT2D eigenvalue weighted by Crippen LogP contribution is -2.47. The lowest BCUT2D eigenvalue weighted by Gasteiger charge is -2.31. The number of carbonyl (C=O) groups excluding carboxylic acids is 2.